The Morgan fingerprint density at radius 3 is 2.47 bits per heavy atom. The zero-order valence-electron chi connectivity index (χ0n) is 9.10. The van der Waals surface area contributed by atoms with E-state index in [0.717, 1.165) is 12.0 Å². The molecule has 1 unspecified atom stereocenters. The molecular weight excluding hydrogens is 188 g/mol. The van der Waals surface area contributed by atoms with E-state index in [4.69, 9.17) is 5.11 Å². The Balaban J connectivity index is 3.04. The SMILES string of the molecule is CCC(C)/C=C(/C(=O)O)c1ccccc1. The van der Waals surface area contributed by atoms with Crippen LogP contribution in [0.4, 0.5) is 0 Å². The number of carboxylic acid groups (broad SMARTS) is 1. The molecule has 0 aliphatic heterocycles. The van der Waals surface area contributed by atoms with Gasteiger partial charge in [0.25, 0.3) is 0 Å². The van der Waals surface area contributed by atoms with Gasteiger partial charge in [0, 0.05) is 0 Å². The third kappa shape index (κ3) is 3.24. The van der Waals surface area contributed by atoms with E-state index in [1.165, 1.54) is 0 Å². The van der Waals surface area contributed by atoms with E-state index in [1.54, 1.807) is 0 Å². The monoisotopic (exact) mass is 204 g/mol. The van der Waals surface area contributed by atoms with Crippen LogP contribution in [0.1, 0.15) is 25.8 Å². The lowest BCUT2D eigenvalue weighted by molar-refractivity contribution is -0.130. The summed E-state index contributed by atoms with van der Waals surface area (Å²) in [4.78, 5) is 11.1. The van der Waals surface area contributed by atoms with Gasteiger partial charge in [0.05, 0.1) is 5.57 Å². The van der Waals surface area contributed by atoms with Gasteiger partial charge >= 0.3 is 5.97 Å². The lowest BCUT2D eigenvalue weighted by atomic mass is 9.99. The van der Waals surface area contributed by atoms with Crippen molar-refractivity contribution in [2.45, 2.75) is 20.3 Å². The molecule has 0 saturated heterocycles. The molecule has 0 aliphatic carbocycles. The zero-order valence-corrected chi connectivity index (χ0v) is 9.10. The van der Waals surface area contributed by atoms with Crippen LogP contribution in [-0.2, 0) is 4.79 Å². The maximum atomic E-state index is 11.1. The van der Waals surface area contributed by atoms with Crippen molar-refractivity contribution in [1.82, 2.24) is 0 Å². The van der Waals surface area contributed by atoms with Crippen LogP contribution in [0.15, 0.2) is 36.4 Å². The van der Waals surface area contributed by atoms with Crippen LogP contribution >= 0.6 is 0 Å². The van der Waals surface area contributed by atoms with Gasteiger partial charge in [-0.1, -0.05) is 56.7 Å². The summed E-state index contributed by atoms with van der Waals surface area (Å²) in [6.45, 7) is 4.07. The summed E-state index contributed by atoms with van der Waals surface area (Å²) in [6.07, 6.45) is 2.77. The van der Waals surface area contributed by atoms with Gasteiger partial charge in [0.1, 0.15) is 0 Å². The molecule has 0 bridgehead atoms. The summed E-state index contributed by atoms with van der Waals surface area (Å²) in [5.74, 6) is -0.571. The highest BCUT2D eigenvalue weighted by atomic mass is 16.4. The number of hydrogen-bond donors (Lipinski definition) is 1. The summed E-state index contributed by atoms with van der Waals surface area (Å²) < 4.78 is 0. The van der Waals surface area contributed by atoms with Crippen LogP contribution in [0.2, 0.25) is 0 Å². The Labute approximate surface area is 90.3 Å². The maximum absolute atomic E-state index is 11.1. The lowest BCUT2D eigenvalue weighted by Gasteiger charge is -2.06. The quantitative estimate of drug-likeness (QED) is 0.765. The Morgan fingerprint density at radius 2 is 2.00 bits per heavy atom. The highest BCUT2D eigenvalue weighted by molar-refractivity contribution is 6.15. The number of allylic oxidation sites excluding steroid dienone is 1. The molecule has 0 heterocycles. The second kappa shape index (κ2) is 5.35. The molecule has 0 fully saturated rings. The molecule has 0 aliphatic rings. The molecule has 1 aromatic rings. The standard InChI is InChI=1S/C13H16O2/c1-3-10(2)9-12(13(14)15)11-7-5-4-6-8-11/h4-10H,3H2,1-2H3,(H,14,15)/b12-9+. The molecule has 2 nitrogen and oxygen atoms in total. The van der Waals surface area contributed by atoms with E-state index in [-0.39, 0.29) is 5.92 Å². The van der Waals surface area contributed by atoms with Crippen molar-refractivity contribution in [3.8, 4) is 0 Å². The summed E-state index contributed by atoms with van der Waals surface area (Å²) in [7, 11) is 0. The van der Waals surface area contributed by atoms with Crippen molar-refractivity contribution < 1.29 is 9.90 Å². The average Bonchev–Trinajstić information content (AvgIpc) is 2.26. The van der Waals surface area contributed by atoms with Crippen LogP contribution < -0.4 is 0 Å². The van der Waals surface area contributed by atoms with E-state index >= 15 is 0 Å². The van der Waals surface area contributed by atoms with Crippen molar-refractivity contribution in [1.29, 1.82) is 0 Å². The molecular formula is C13H16O2. The van der Waals surface area contributed by atoms with Crippen LogP contribution in [0.3, 0.4) is 0 Å². The van der Waals surface area contributed by atoms with Gasteiger partial charge in [0.15, 0.2) is 0 Å². The van der Waals surface area contributed by atoms with E-state index in [2.05, 4.69) is 0 Å². The van der Waals surface area contributed by atoms with Crippen molar-refractivity contribution in [3.63, 3.8) is 0 Å². The van der Waals surface area contributed by atoms with Gasteiger partial charge in [-0.25, -0.2) is 4.79 Å². The predicted molar refractivity (Wildman–Crippen MR) is 61.5 cm³/mol. The van der Waals surface area contributed by atoms with Crippen LogP contribution in [0.5, 0.6) is 0 Å². The third-order valence-electron chi connectivity index (χ3n) is 2.41. The number of benzene rings is 1. The molecule has 1 aromatic carbocycles. The van der Waals surface area contributed by atoms with Crippen LogP contribution in [0, 0.1) is 5.92 Å². The van der Waals surface area contributed by atoms with Crippen LogP contribution in [0.25, 0.3) is 5.57 Å². The first-order valence-electron chi connectivity index (χ1n) is 5.15. The molecule has 1 N–H and O–H groups in total. The van der Waals surface area contributed by atoms with Crippen molar-refractivity contribution in [3.05, 3.63) is 42.0 Å². The number of carboxylic acids is 1. The van der Waals surface area contributed by atoms with E-state index in [1.807, 2.05) is 50.3 Å². The molecule has 0 spiro atoms. The second-order valence-electron chi connectivity index (χ2n) is 3.64. The van der Waals surface area contributed by atoms with Gasteiger partial charge in [-0.05, 0) is 11.5 Å². The molecule has 1 rings (SSSR count). The Hall–Kier alpha value is -1.57. The minimum absolute atomic E-state index is 0.288. The molecule has 0 saturated carbocycles. The number of rotatable bonds is 4. The molecule has 80 valence electrons. The fourth-order valence-corrected chi connectivity index (χ4v) is 1.31. The minimum Gasteiger partial charge on any atom is -0.478 e. The molecule has 0 aromatic heterocycles. The van der Waals surface area contributed by atoms with E-state index in [9.17, 15) is 4.79 Å². The number of hydrogen-bond acceptors (Lipinski definition) is 1. The normalized spacial score (nSPS) is 13.6. The fraction of sp³-hybridized carbons (Fsp3) is 0.308. The molecule has 15 heavy (non-hydrogen) atoms. The Kier molecular flexibility index (Phi) is 4.10. The Bertz CT molecular complexity index is 352. The van der Waals surface area contributed by atoms with Gasteiger partial charge in [0.2, 0.25) is 0 Å². The van der Waals surface area contributed by atoms with Gasteiger partial charge < -0.3 is 5.11 Å². The summed E-state index contributed by atoms with van der Waals surface area (Å²) in [5, 5.41) is 9.10. The smallest absolute Gasteiger partial charge is 0.335 e. The van der Waals surface area contributed by atoms with E-state index < -0.39 is 5.97 Å². The lowest BCUT2D eigenvalue weighted by Crippen LogP contribution is -2.02. The predicted octanol–water partition coefficient (Wildman–Crippen LogP) is 3.20. The molecule has 0 radical (unpaired) electrons. The highest BCUT2D eigenvalue weighted by Crippen LogP contribution is 2.18. The summed E-state index contributed by atoms with van der Waals surface area (Å²) in [6, 6.07) is 9.22. The maximum Gasteiger partial charge on any atom is 0.335 e. The first-order valence-corrected chi connectivity index (χ1v) is 5.15. The highest BCUT2D eigenvalue weighted by Gasteiger charge is 2.10. The van der Waals surface area contributed by atoms with E-state index in [0.29, 0.717) is 5.57 Å². The fourth-order valence-electron chi connectivity index (χ4n) is 1.31. The minimum atomic E-state index is -0.860. The number of aliphatic carboxylic acids is 1. The summed E-state index contributed by atoms with van der Waals surface area (Å²) in [5.41, 5.74) is 1.16. The van der Waals surface area contributed by atoms with Crippen molar-refractivity contribution in [2.75, 3.05) is 0 Å². The van der Waals surface area contributed by atoms with Crippen LogP contribution in [-0.4, -0.2) is 11.1 Å². The molecule has 2 heteroatoms. The van der Waals surface area contributed by atoms with Crippen molar-refractivity contribution >= 4 is 11.5 Å². The van der Waals surface area contributed by atoms with Gasteiger partial charge in [-0.15, -0.1) is 0 Å². The number of carbonyl (C=O) groups is 1. The van der Waals surface area contributed by atoms with Gasteiger partial charge in [-0.3, -0.25) is 0 Å². The largest absolute Gasteiger partial charge is 0.478 e. The zero-order chi connectivity index (χ0) is 11.3. The Morgan fingerprint density at radius 1 is 1.40 bits per heavy atom. The summed E-state index contributed by atoms with van der Waals surface area (Å²) >= 11 is 0. The first-order chi connectivity index (χ1) is 7.15. The topological polar surface area (TPSA) is 37.3 Å². The average molecular weight is 204 g/mol. The van der Waals surface area contributed by atoms with Gasteiger partial charge in [-0.2, -0.15) is 0 Å². The van der Waals surface area contributed by atoms with Crippen molar-refractivity contribution in [2.24, 2.45) is 5.92 Å². The second-order valence-corrected chi connectivity index (χ2v) is 3.64. The third-order valence-corrected chi connectivity index (χ3v) is 2.41. The molecule has 0 amide bonds. The first kappa shape index (κ1) is 11.5. The molecule has 1 atom stereocenters.